The molecule has 0 spiro atoms. The van der Waals surface area contributed by atoms with E-state index in [1.54, 1.807) is 0 Å². The molecule has 580 valence electrons. The fourth-order valence-corrected chi connectivity index (χ4v) is 20.1. The number of fused-ring (bicyclic) bond motifs is 13. The summed E-state index contributed by atoms with van der Waals surface area (Å²) < 4.78 is 5.08. The van der Waals surface area contributed by atoms with Gasteiger partial charge >= 0.3 is 726 Å². The van der Waals surface area contributed by atoms with Crippen molar-refractivity contribution in [1.29, 1.82) is 0 Å². The minimum absolute atomic E-state index is 0.250. The van der Waals surface area contributed by atoms with E-state index >= 15 is 0 Å². The van der Waals surface area contributed by atoms with E-state index in [4.69, 9.17) is 0 Å². The van der Waals surface area contributed by atoms with Crippen molar-refractivity contribution in [2.75, 3.05) is 10.6 Å². The third-order valence-corrected chi connectivity index (χ3v) is 26.3. The summed E-state index contributed by atoms with van der Waals surface area (Å²) in [5.74, 6) is 0. The zero-order chi connectivity index (χ0) is 82.8. The van der Waals surface area contributed by atoms with Crippen molar-refractivity contribution in [3.8, 4) is 128 Å². The molecule has 0 unspecified atom stereocenters. The van der Waals surface area contributed by atoms with Crippen molar-refractivity contribution in [2.24, 2.45) is 0 Å². The van der Waals surface area contributed by atoms with Crippen molar-refractivity contribution < 1.29 is 0 Å². The SMILES string of the molecule is CC1(C)c2ccccc2-c2cc(-c3cc4ccccc4c4c3[b+]c3cc(-c5ccccc5)ccc3n4-c3ccc(-c4ccccc4)cc3)c(Nc3ccc(-c4cccc(-c5cccc(-c6cc(-c7cc8ccccc8cc7Nc7ccc(-c8ccccc8)cc7)c7[b+]c8cc(-c9ccccc9)cc9c%10cc(-c%11ccccc%11)ccc%10n(c7c6)c89)c5)c4)cc3)cc21. The second-order valence-corrected chi connectivity index (χ2v) is 34.1. The van der Waals surface area contributed by atoms with Crippen molar-refractivity contribution in [2.45, 2.75) is 19.3 Å². The maximum atomic E-state index is 4.13. The summed E-state index contributed by atoms with van der Waals surface area (Å²) in [6.45, 7) is 9.70. The van der Waals surface area contributed by atoms with Gasteiger partial charge in [-0.3, -0.25) is 0 Å². The van der Waals surface area contributed by atoms with E-state index in [9.17, 15) is 0 Å². The fraction of sp³-hybridized carbons (Fsp3) is 0.0252. The Balaban J connectivity index is 0.636. The molecule has 6 heteroatoms. The molecular weight excluding hydrogens is 1510 g/mol. The average Bonchev–Trinajstić information content (AvgIpc) is 1.53. The predicted octanol–water partition coefficient (Wildman–Crippen LogP) is 31.9. The molecule has 0 saturated heterocycles. The zero-order valence-corrected chi connectivity index (χ0v) is 69.1. The Morgan fingerprint density at radius 2 is 0.640 bits per heavy atom. The van der Waals surface area contributed by atoms with Crippen LogP contribution < -0.4 is 10.6 Å². The summed E-state index contributed by atoms with van der Waals surface area (Å²) >= 11 is 0. The molecule has 0 atom stereocenters. The van der Waals surface area contributed by atoms with Crippen LogP contribution in [0.4, 0.5) is 22.7 Å². The number of anilines is 4. The third-order valence-electron chi connectivity index (χ3n) is 26.3. The van der Waals surface area contributed by atoms with Crippen LogP contribution in [-0.4, -0.2) is 22.8 Å². The van der Waals surface area contributed by atoms with Crippen LogP contribution in [0.2, 0.25) is 0 Å². The van der Waals surface area contributed by atoms with E-state index in [1.165, 1.54) is 116 Å². The van der Waals surface area contributed by atoms with Gasteiger partial charge in [-0.2, -0.15) is 0 Å². The molecule has 23 aromatic rings. The van der Waals surface area contributed by atoms with Gasteiger partial charge in [0, 0.05) is 0 Å². The molecule has 1 aliphatic carbocycles. The van der Waals surface area contributed by atoms with Crippen LogP contribution >= 0.6 is 0 Å². The number of rotatable bonds is 15. The van der Waals surface area contributed by atoms with Gasteiger partial charge in [-0.05, 0) is 0 Å². The van der Waals surface area contributed by atoms with Crippen molar-refractivity contribution in [3.63, 3.8) is 0 Å². The number of hydrogen-bond acceptors (Lipinski definition) is 2. The van der Waals surface area contributed by atoms with E-state index < -0.39 is 0 Å². The zero-order valence-electron chi connectivity index (χ0n) is 69.1. The molecule has 20 aromatic carbocycles. The topological polar surface area (TPSA) is 33.4 Å². The van der Waals surface area contributed by atoms with Gasteiger partial charge in [0.05, 0.1) is 0 Å². The number of benzene rings is 20. The first-order chi connectivity index (χ1) is 61.7. The molecular formula is C119H80B2N4+2. The van der Waals surface area contributed by atoms with Crippen LogP contribution in [-0.2, 0) is 5.41 Å². The van der Waals surface area contributed by atoms with Crippen molar-refractivity contribution in [3.05, 3.63) is 448 Å². The molecule has 4 nitrogen and oxygen atoms in total. The van der Waals surface area contributed by atoms with Gasteiger partial charge in [0.2, 0.25) is 0 Å². The van der Waals surface area contributed by atoms with E-state index in [0.717, 1.165) is 127 Å². The first kappa shape index (κ1) is 73.2. The van der Waals surface area contributed by atoms with Gasteiger partial charge in [-0.25, -0.2) is 0 Å². The van der Waals surface area contributed by atoms with Crippen LogP contribution in [0.3, 0.4) is 0 Å². The van der Waals surface area contributed by atoms with Crippen molar-refractivity contribution >= 4 is 118 Å². The van der Waals surface area contributed by atoms with Gasteiger partial charge in [0.15, 0.2) is 0 Å². The summed E-state index contributed by atoms with van der Waals surface area (Å²) in [6.07, 6.45) is 0. The normalized spacial score (nSPS) is 12.2. The van der Waals surface area contributed by atoms with E-state index in [1.807, 2.05) is 0 Å². The first-order valence-electron chi connectivity index (χ1n) is 43.3. The van der Waals surface area contributed by atoms with Gasteiger partial charge in [0.1, 0.15) is 0 Å². The Bertz CT molecular complexity index is 8240. The second-order valence-electron chi connectivity index (χ2n) is 34.1. The van der Waals surface area contributed by atoms with Gasteiger partial charge in [-0.15, -0.1) is 0 Å². The Morgan fingerprint density at radius 1 is 0.224 bits per heavy atom. The van der Waals surface area contributed by atoms with Gasteiger partial charge < -0.3 is 0 Å². The fourth-order valence-electron chi connectivity index (χ4n) is 20.1. The first-order valence-corrected chi connectivity index (χ1v) is 43.3. The molecule has 0 fully saturated rings. The van der Waals surface area contributed by atoms with Crippen LogP contribution in [0.1, 0.15) is 25.0 Å². The average molecular weight is 1590 g/mol. The monoisotopic (exact) mass is 1590 g/mol. The molecule has 0 radical (unpaired) electrons. The molecule has 1 aliphatic rings. The second kappa shape index (κ2) is 29.8. The molecule has 24 rings (SSSR count). The standard InChI is InChI=1S/C119H80B2N4/c1-119(2)106-45-23-22-44-98(106)99-73-101(104-66-91-38-20-21-43-97(91)118-116(104)120-108-69-90(78-32-14-6-15-33-78)53-61-113(108)124(118)96-58-50-81(51-59-96)76-28-10-4-11-29-76)111(74-107(99)119)123-95-56-48-82(49-57-95)83-39-24-40-84(62-83)85-41-25-42-86(63-85)93-67-103(100-64-87-36-18-19-37-88(87)71-110(100)122-94-54-46-80(47-55-94)75-26-8-3-9-27-75)115-114(72-93)125-112-60-52-89(77-30-12-5-13-31-77)65-102(112)105-68-92(70-109(121-115)117(105)125)79-34-16-7-17-35-79/h3-74,122-123H,1-2H3/q+2. The number of aromatic nitrogens is 2. The summed E-state index contributed by atoms with van der Waals surface area (Å²) in [7, 11) is 0. The summed E-state index contributed by atoms with van der Waals surface area (Å²) in [6, 6.07) is 162. The molecule has 0 amide bonds. The quantitative estimate of drug-likeness (QED) is 0.0792. The molecule has 2 N–H and O–H groups in total. The number of hydrogen-bond donors (Lipinski definition) is 2. The Hall–Kier alpha value is -15.8. The molecule has 125 heavy (non-hydrogen) atoms. The Morgan fingerprint density at radius 3 is 1.26 bits per heavy atom. The number of nitrogens with one attached hydrogen (secondary N) is 2. The molecule has 0 saturated carbocycles. The summed E-state index contributed by atoms with van der Waals surface area (Å²) in [5.41, 5.74) is 39.0. The molecule has 3 heterocycles. The third kappa shape index (κ3) is 12.8. The summed E-state index contributed by atoms with van der Waals surface area (Å²) in [5, 5.41) is 19.9. The summed E-state index contributed by atoms with van der Waals surface area (Å²) in [4.78, 5) is 0. The molecule has 0 bridgehead atoms. The van der Waals surface area contributed by atoms with Crippen molar-refractivity contribution in [1.82, 2.24) is 8.97 Å². The van der Waals surface area contributed by atoms with Crippen LogP contribution in [0, 0.1) is 0 Å². The Kier molecular flexibility index (Phi) is 17.5. The number of nitrogens with zero attached hydrogens (tertiary/aromatic N) is 2. The predicted molar refractivity (Wildman–Crippen MR) is 533 cm³/mol. The van der Waals surface area contributed by atoms with Crippen LogP contribution in [0.15, 0.2) is 437 Å². The molecule has 0 aliphatic heterocycles. The van der Waals surface area contributed by atoms with E-state index in [2.05, 4.69) is 484 Å². The minimum atomic E-state index is -0.250. The maximum absolute atomic E-state index is 4.13. The Labute approximate surface area is 727 Å². The van der Waals surface area contributed by atoms with Gasteiger partial charge in [-0.1, -0.05) is 6.07 Å². The van der Waals surface area contributed by atoms with E-state index in [-0.39, 0.29) is 5.41 Å². The van der Waals surface area contributed by atoms with E-state index in [0.29, 0.717) is 0 Å². The molecule has 3 aromatic heterocycles. The van der Waals surface area contributed by atoms with Crippen LogP contribution in [0.5, 0.6) is 0 Å². The van der Waals surface area contributed by atoms with Crippen LogP contribution in [0.25, 0.3) is 209 Å². The van der Waals surface area contributed by atoms with Gasteiger partial charge in [0.25, 0.3) is 0 Å².